The van der Waals surface area contributed by atoms with Crippen LogP contribution in [0.5, 0.6) is 0 Å². The third-order valence-electron chi connectivity index (χ3n) is 7.10. The van der Waals surface area contributed by atoms with Gasteiger partial charge in [0.2, 0.25) is 11.8 Å². The highest BCUT2D eigenvalue weighted by Crippen LogP contribution is 2.31. The molecular formula is C32H40ClN3O4S. The van der Waals surface area contributed by atoms with Crippen molar-refractivity contribution in [3.8, 4) is 0 Å². The third kappa shape index (κ3) is 8.33. The highest BCUT2D eigenvalue weighted by Gasteiger charge is 2.34. The fourth-order valence-electron chi connectivity index (χ4n) is 4.62. The largest absolute Gasteiger partial charge is 0.354 e. The van der Waals surface area contributed by atoms with Crippen LogP contribution >= 0.6 is 11.6 Å². The maximum absolute atomic E-state index is 14.1. The maximum Gasteiger partial charge on any atom is 0.264 e. The van der Waals surface area contributed by atoms with Gasteiger partial charge < -0.3 is 10.2 Å². The predicted molar refractivity (Wildman–Crippen MR) is 166 cm³/mol. The number of sulfonamides is 1. The molecule has 0 bridgehead atoms. The number of nitrogens with zero attached hydrogens (tertiary/aromatic N) is 2. The second-order valence-corrected chi connectivity index (χ2v) is 12.4. The highest BCUT2D eigenvalue weighted by atomic mass is 35.5. The number of anilines is 1. The molecule has 2 amide bonds. The minimum atomic E-state index is -4.15. The van der Waals surface area contributed by atoms with E-state index in [0.717, 1.165) is 28.3 Å². The van der Waals surface area contributed by atoms with Gasteiger partial charge in [-0.1, -0.05) is 86.0 Å². The number of nitrogens with one attached hydrogen (secondary N) is 1. The first-order valence-electron chi connectivity index (χ1n) is 14.1. The van der Waals surface area contributed by atoms with Crippen LogP contribution in [0.25, 0.3) is 0 Å². The molecule has 7 nitrogen and oxygen atoms in total. The average Bonchev–Trinajstić information content (AvgIpc) is 2.96. The average molecular weight is 598 g/mol. The molecular weight excluding hydrogens is 558 g/mol. The first-order valence-corrected chi connectivity index (χ1v) is 15.9. The maximum atomic E-state index is 14.1. The fourth-order valence-corrected chi connectivity index (χ4v) is 6.26. The van der Waals surface area contributed by atoms with Gasteiger partial charge in [0.15, 0.2) is 0 Å². The molecule has 0 saturated heterocycles. The van der Waals surface area contributed by atoms with Gasteiger partial charge in [0.05, 0.1) is 10.6 Å². The van der Waals surface area contributed by atoms with E-state index in [1.54, 1.807) is 37.3 Å². The van der Waals surface area contributed by atoms with Crippen molar-refractivity contribution in [2.24, 2.45) is 0 Å². The van der Waals surface area contributed by atoms with E-state index in [-0.39, 0.29) is 17.3 Å². The third-order valence-corrected chi connectivity index (χ3v) is 9.28. The molecule has 0 radical (unpaired) electrons. The van der Waals surface area contributed by atoms with Gasteiger partial charge >= 0.3 is 0 Å². The van der Waals surface area contributed by atoms with Crippen LogP contribution in [0.2, 0.25) is 5.02 Å². The number of amides is 2. The Morgan fingerprint density at radius 2 is 1.61 bits per heavy atom. The van der Waals surface area contributed by atoms with Crippen molar-refractivity contribution in [3.63, 3.8) is 0 Å². The van der Waals surface area contributed by atoms with Crippen molar-refractivity contribution in [2.45, 2.75) is 64.3 Å². The lowest BCUT2D eigenvalue weighted by atomic mass is 10.1. The molecule has 9 heteroatoms. The lowest BCUT2D eigenvalue weighted by Gasteiger charge is -2.33. The molecule has 3 rings (SSSR count). The normalized spacial score (nSPS) is 12.0. The number of halogens is 1. The summed E-state index contributed by atoms with van der Waals surface area (Å²) in [6.07, 6.45) is 2.67. The van der Waals surface area contributed by atoms with Gasteiger partial charge in [-0.05, 0) is 68.5 Å². The van der Waals surface area contributed by atoms with Gasteiger partial charge in [-0.25, -0.2) is 8.42 Å². The van der Waals surface area contributed by atoms with Crippen LogP contribution in [-0.2, 0) is 26.0 Å². The summed E-state index contributed by atoms with van der Waals surface area (Å²) in [5.41, 5.74) is 2.78. The Hall–Kier alpha value is -3.36. The number of unbranched alkanes of at least 4 members (excludes halogenated alkanes) is 1. The van der Waals surface area contributed by atoms with Crippen LogP contribution in [0.3, 0.4) is 0 Å². The van der Waals surface area contributed by atoms with Gasteiger partial charge in [0.25, 0.3) is 10.0 Å². The van der Waals surface area contributed by atoms with Crippen molar-refractivity contribution in [3.05, 3.63) is 94.5 Å². The molecule has 3 aromatic carbocycles. The zero-order valence-corrected chi connectivity index (χ0v) is 25.8. The zero-order chi connectivity index (χ0) is 30.0. The summed E-state index contributed by atoms with van der Waals surface area (Å²) in [5, 5.41) is 3.34. The minimum Gasteiger partial charge on any atom is -0.354 e. The summed E-state index contributed by atoms with van der Waals surface area (Å²) < 4.78 is 29.2. The van der Waals surface area contributed by atoms with Crippen molar-refractivity contribution in [1.82, 2.24) is 10.2 Å². The lowest BCUT2D eigenvalue weighted by Crippen LogP contribution is -2.53. The number of hydrogen-bond acceptors (Lipinski definition) is 4. The first kappa shape index (κ1) is 32.2. The number of carbonyl (C=O) groups is 2. The van der Waals surface area contributed by atoms with E-state index in [0.29, 0.717) is 35.7 Å². The Kier molecular flexibility index (Phi) is 11.8. The van der Waals surface area contributed by atoms with Gasteiger partial charge in [0, 0.05) is 18.1 Å². The highest BCUT2D eigenvalue weighted by molar-refractivity contribution is 7.92. The molecule has 1 N–H and O–H groups in total. The van der Waals surface area contributed by atoms with Gasteiger partial charge in [0.1, 0.15) is 12.6 Å². The molecule has 0 heterocycles. The Morgan fingerprint density at radius 1 is 0.927 bits per heavy atom. The summed E-state index contributed by atoms with van der Waals surface area (Å²) in [4.78, 5) is 29.0. The number of benzene rings is 3. The van der Waals surface area contributed by atoms with E-state index in [1.807, 2.05) is 51.1 Å². The van der Waals surface area contributed by atoms with Crippen LogP contribution < -0.4 is 9.62 Å². The molecule has 0 aliphatic heterocycles. The molecule has 0 saturated carbocycles. The summed E-state index contributed by atoms with van der Waals surface area (Å²) in [6.45, 7) is 7.79. The molecule has 0 spiro atoms. The van der Waals surface area contributed by atoms with Crippen molar-refractivity contribution in [1.29, 1.82) is 0 Å². The Labute approximate surface area is 249 Å². The summed E-state index contributed by atoms with van der Waals surface area (Å²) in [5.74, 6) is -0.706. The standard InChI is InChI=1S/C32H40ClN3O4S/c1-5-7-21-34-32(38)29(6-2)35(22-20-26-12-9-8-10-13-26)31(37)23-36(30-15-11-14-28(33)25(30)4)41(39,40)27-18-16-24(3)17-19-27/h8-19,29H,5-7,20-23H2,1-4H3,(H,34,38). The van der Waals surface area contributed by atoms with Crippen LogP contribution in [0.1, 0.15) is 49.8 Å². The number of hydrogen-bond donors (Lipinski definition) is 1. The summed E-state index contributed by atoms with van der Waals surface area (Å²) in [6, 6.07) is 20.4. The number of carbonyl (C=O) groups excluding carboxylic acids is 2. The van der Waals surface area contributed by atoms with E-state index in [2.05, 4.69) is 5.32 Å². The molecule has 0 aromatic heterocycles. The molecule has 3 aromatic rings. The van der Waals surface area contributed by atoms with Crippen LogP contribution in [-0.4, -0.2) is 50.8 Å². The molecule has 0 aliphatic carbocycles. The Balaban J connectivity index is 2.02. The molecule has 1 atom stereocenters. The van der Waals surface area contributed by atoms with Crippen molar-refractivity contribution in [2.75, 3.05) is 23.9 Å². The predicted octanol–water partition coefficient (Wildman–Crippen LogP) is 5.92. The zero-order valence-electron chi connectivity index (χ0n) is 24.3. The molecule has 0 fully saturated rings. The summed E-state index contributed by atoms with van der Waals surface area (Å²) in [7, 11) is -4.15. The molecule has 220 valence electrons. The van der Waals surface area contributed by atoms with Crippen LogP contribution in [0.15, 0.2) is 77.7 Å². The van der Waals surface area contributed by atoms with Gasteiger partial charge in [-0.3, -0.25) is 13.9 Å². The van der Waals surface area contributed by atoms with Crippen LogP contribution in [0.4, 0.5) is 5.69 Å². The number of aryl methyl sites for hydroxylation is 1. The van der Waals surface area contributed by atoms with Gasteiger partial charge in [-0.2, -0.15) is 0 Å². The van der Waals surface area contributed by atoms with Gasteiger partial charge in [-0.15, -0.1) is 0 Å². The van der Waals surface area contributed by atoms with E-state index in [9.17, 15) is 18.0 Å². The van der Waals surface area contributed by atoms with Crippen molar-refractivity contribution < 1.29 is 18.0 Å². The summed E-state index contributed by atoms with van der Waals surface area (Å²) >= 11 is 6.40. The second-order valence-electron chi connectivity index (χ2n) is 10.1. The quantitative estimate of drug-likeness (QED) is 0.234. The topological polar surface area (TPSA) is 86.8 Å². The van der Waals surface area contributed by atoms with E-state index in [1.165, 1.54) is 17.0 Å². The minimum absolute atomic E-state index is 0.0652. The number of rotatable bonds is 14. The van der Waals surface area contributed by atoms with E-state index < -0.39 is 28.5 Å². The van der Waals surface area contributed by atoms with Crippen LogP contribution in [0, 0.1) is 13.8 Å². The second kappa shape index (κ2) is 15.0. The monoisotopic (exact) mass is 597 g/mol. The first-order chi connectivity index (χ1) is 19.6. The SMILES string of the molecule is CCCCNC(=O)C(CC)N(CCc1ccccc1)C(=O)CN(c1cccc(Cl)c1C)S(=O)(=O)c1ccc(C)cc1. The Bertz CT molecular complexity index is 1410. The van der Waals surface area contributed by atoms with E-state index in [4.69, 9.17) is 11.6 Å². The van der Waals surface area contributed by atoms with Crippen molar-refractivity contribution >= 4 is 39.1 Å². The molecule has 1 unspecified atom stereocenters. The van der Waals surface area contributed by atoms with E-state index >= 15 is 0 Å². The smallest absolute Gasteiger partial charge is 0.264 e. The molecule has 41 heavy (non-hydrogen) atoms. The Morgan fingerprint density at radius 3 is 2.24 bits per heavy atom. The molecule has 0 aliphatic rings. The fraction of sp³-hybridized carbons (Fsp3) is 0.375. The lowest BCUT2D eigenvalue weighted by molar-refractivity contribution is -0.139.